The first-order valence-corrected chi connectivity index (χ1v) is 8.70. The van der Waals surface area contributed by atoms with Gasteiger partial charge >= 0.3 is 0 Å². The van der Waals surface area contributed by atoms with Crippen molar-refractivity contribution in [2.45, 2.75) is 38.5 Å². The number of hydrogen-bond acceptors (Lipinski definition) is 3. The Labute approximate surface area is 146 Å². The highest BCUT2D eigenvalue weighted by molar-refractivity contribution is 5.25. The summed E-state index contributed by atoms with van der Waals surface area (Å²) in [5.41, 5.74) is 2.28. The number of nitrogens with one attached hydrogen (secondary N) is 1. The Hall–Kier alpha value is -1.68. The molecule has 130 valence electrons. The Morgan fingerprint density at radius 2 is 1.38 bits per heavy atom. The lowest BCUT2D eigenvalue weighted by Gasteiger charge is -2.27. The van der Waals surface area contributed by atoms with Gasteiger partial charge in [-0.25, -0.2) is 0 Å². The fourth-order valence-corrected chi connectivity index (χ4v) is 2.75. The minimum atomic E-state index is -0.119. The molecule has 0 aliphatic rings. The summed E-state index contributed by atoms with van der Waals surface area (Å²) in [4.78, 5) is 0. The van der Waals surface area contributed by atoms with Crippen LogP contribution in [0, 0.1) is 0 Å². The Kier molecular flexibility index (Phi) is 7.96. The zero-order chi connectivity index (χ0) is 17.2. The van der Waals surface area contributed by atoms with Gasteiger partial charge in [0.05, 0.1) is 0 Å². The number of hydrogen-bond donors (Lipinski definition) is 1. The predicted molar refractivity (Wildman–Crippen MR) is 99.1 cm³/mol. The summed E-state index contributed by atoms with van der Waals surface area (Å²) in [6.45, 7) is 5.97. The van der Waals surface area contributed by atoms with Crippen molar-refractivity contribution < 1.29 is 9.47 Å². The maximum absolute atomic E-state index is 6.25. The summed E-state index contributed by atoms with van der Waals surface area (Å²) in [6, 6.07) is 21.1. The molecule has 0 saturated heterocycles. The molecular weight excluding hydrogens is 298 g/mol. The van der Waals surface area contributed by atoms with Gasteiger partial charge in [0, 0.05) is 19.8 Å². The van der Waals surface area contributed by atoms with E-state index in [1.807, 2.05) is 36.4 Å². The first-order chi connectivity index (χ1) is 11.7. The standard InChI is InChI=1S/C21H29NO2/c1-17(2)22-15-10-16-24-21(19-13-8-5-9-14-19)20(23-3)18-11-6-4-7-12-18/h4-9,11-14,17,20-22H,10,15-16H2,1-3H3/t20-,21-/m1/s1. The van der Waals surface area contributed by atoms with Crippen LogP contribution in [-0.4, -0.2) is 26.3 Å². The van der Waals surface area contributed by atoms with Crippen LogP contribution in [0.15, 0.2) is 60.7 Å². The third kappa shape index (κ3) is 5.75. The van der Waals surface area contributed by atoms with E-state index in [4.69, 9.17) is 9.47 Å². The van der Waals surface area contributed by atoms with E-state index < -0.39 is 0 Å². The van der Waals surface area contributed by atoms with Crippen LogP contribution in [0.25, 0.3) is 0 Å². The van der Waals surface area contributed by atoms with Crippen molar-refractivity contribution in [3.8, 4) is 0 Å². The van der Waals surface area contributed by atoms with Gasteiger partial charge < -0.3 is 14.8 Å². The van der Waals surface area contributed by atoms with E-state index in [0.29, 0.717) is 12.6 Å². The van der Waals surface area contributed by atoms with Gasteiger partial charge in [-0.15, -0.1) is 0 Å². The molecular formula is C21H29NO2. The van der Waals surface area contributed by atoms with Gasteiger partial charge in [-0.2, -0.15) is 0 Å². The van der Waals surface area contributed by atoms with Crippen LogP contribution in [0.5, 0.6) is 0 Å². The lowest BCUT2D eigenvalue weighted by Crippen LogP contribution is -2.25. The minimum absolute atomic E-state index is 0.113. The zero-order valence-electron chi connectivity index (χ0n) is 14.9. The summed E-state index contributed by atoms with van der Waals surface area (Å²) < 4.78 is 12.1. The van der Waals surface area contributed by atoms with Gasteiger partial charge in [-0.3, -0.25) is 0 Å². The molecule has 0 bridgehead atoms. The highest BCUT2D eigenvalue weighted by atomic mass is 16.5. The first kappa shape index (κ1) is 18.7. The predicted octanol–water partition coefficient (Wildman–Crippen LogP) is 4.52. The van der Waals surface area contributed by atoms with Crippen molar-refractivity contribution in [2.75, 3.05) is 20.3 Å². The Morgan fingerprint density at radius 1 is 0.833 bits per heavy atom. The number of benzene rings is 2. The summed E-state index contributed by atoms with van der Waals surface area (Å²) >= 11 is 0. The lowest BCUT2D eigenvalue weighted by molar-refractivity contribution is -0.0614. The molecule has 3 heteroatoms. The highest BCUT2D eigenvalue weighted by Gasteiger charge is 2.25. The molecule has 0 amide bonds. The van der Waals surface area contributed by atoms with E-state index in [1.165, 1.54) is 0 Å². The summed E-state index contributed by atoms with van der Waals surface area (Å²) in [7, 11) is 1.75. The normalized spacial score (nSPS) is 13.8. The summed E-state index contributed by atoms with van der Waals surface area (Å²) in [5, 5.41) is 3.42. The van der Waals surface area contributed by atoms with Crippen LogP contribution in [0.3, 0.4) is 0 Å². The SMILES string of the molecule is CO[C@H](c1ccccc1)[C@H](OCCCNC(C)C)c1ccccc1. The van der Waals surface area contributed by atoms with E-state index in [1.54, 1.807) is 7.11 Å². The molecule has 0 aliphatic heterocycles. The summed E-state index contributed by atoms with van der Waals surface area (Å²) in [6.07, 6.45) is 0.747. The second-order valence-electron chi connectivity index (χ2n) is 6.23. The molecule has 0 heterocycles. The van der Waals surface area contributed by atoms with Gasteiger partial charge in [0.1, 0.15) is 12.2 Å². The van der Waals surface area contributed by atoms with Crippen molar-refractivity contribution in [3.05, 3.63) is 71.8 Å². The van der Waals surface area contributed by atoms with E-state index in [9.17, 15) is 0 Å². The number of methoxy groups -OCH3 is 1. The second-order valence-corrected chi connectivity index (χ2v) is 6.23. The van der Waals surface area contributed by atoms with Gasteiger partial charge in [0.25, 0.3) is 0 Å². The number of rotatable bonds is 10. The monoisotopic (exact) mass is 327 g/mol. The van der Waals surface area contributed by atoms with Crippen LogP contribution >= 0.6 is 0 Å². The Balaban J connectivity index is 2.08. The maximum atomic E-state index is 6.25. The molecule has 3 nitrogen and oxygen atoms in total. The van der Waals surface area contributed by atoms with Crippen LogP contribution < -0.4 is 5.32 Å². The van der Waals surface area contributed by atoms with Gasteiger partial charge in [-0.1, -0.05) is 74.5 Å². The zero-order valence-corrected chi connectivity index (χ0v) is 14.9. The molecule has 0 radical (unpaired) electrons. The molecule has 0 unspecified atom stereocenters. The smallest absolute Gasteiger partial charge is 0.113 e. The van der Waals surface area contributed by atoms with Crippen LogP contribution in [0.4, 0.5) is 0 Å². The topological polar surface area (TPSA) is 30.5 Å². The molecule has 1 N–H and O–H groups in total. The molecule has 0 aliphatic carbocycles. The molecule has 0 fully saturated rings. The van der Waals surface area contributed by atoms with Crippen molar-refractivity contribution in [3.63, 3.8) is 0 Å². The van der Waals surface area contributed by atoms with Gasteiger partial charge in [0.15, 0.2) is 0 Å². The largest absolute Gasteiger partial charge is 0.374 e. The molecule has 0 saturated carbocycles. The van der Waals surface area contributed by atoms with Crippen molar-refractivity contribution >= 4 is 0 Å². The van der Waals surface area contributed by atoms with Gasteiger partial charge in [-0.05, 0) is 24.1 Å². The maximum Gasteiger partial charge on any atom is 0.113 e. The van der Waals surface area contributed by atoms with Crippen LogP contribution in [-0.2, 0) is 9.47 Å². The van der Waals surface area contributed by atoms with Crippen LogP contribution in [0.1, 0.15) is 43.6 Å². The molecule has 0 spiro atoms. The van der Waals surface area contributed by atoms with Crippen molar-refractivity contribution in [2.24, 2.45) is 0 Å². The quantitative estimate of drug-likeness (QED) is 0.651. The fraction of sp³-hybridized carbons (Fsp3) is 0.429. The lowest BCUT2D eigenvalue weighted by atomic mass is 9.98. The van der Waals surface area contributed by atoms with Crippen molar-refractivity contribution in [1.82, 2.24) is 5.32 Å². The third-order valence-corrected chi connectivity index (χ3v) is 3.96. The third-order valence-electron chi connectivity index (χ3n) is 3.96. The molecule has 0 aromatic heterocycles. The average Bonchev–Trinajstić information content (AvgIpc) is 2.62. The van der Waals surface area contributed by atoms with Gasteiger partial charge in [0.2, 0.25) is 0 Å². The van der Waals surface area contributed by atoms with Crippen LogP contribution in [0.2, 0.25) is 0 Å². The Morgan fingerprint density at radius 3 is 1.88 bits per heavy atom. The van der Waals surface area contributed by atoms with E-state index >= 15 is 0 Å². The number of ether oxygens (including phenoxy) is 2. The van der Waals surface area contributed by atoms with Crippen molar-refractivity contribution in [1.29, 1.82) is 0 Å². The molecule has 2 aromatic carbocycles. The fourth-order valence-electron chi connectivity index (χ4n) is 2.75. The molecule has 2 rings (SSSR count). The highest BCUT2D eigenvalue weighted by Crippen LogP contribution is 2.34. The minimum Gasteiger partial charge on any atom is -0.374 e. The average molecular weight is 327 g/mol. The Bertz CT molecular complexity index is 557. The van der Waals surface area contributed by atoms with E-state index in [0.717, 1.165) is 24.1 Å². The molecule has 2 atom stereocenters. The second kappa shape index (κ2) is 10.2. The first-order valence-electron chi connectivity index (χ1n) is 8.70. The van der Waals surface area contributed by atoms with E-state index in [-0.39, 0.29) is 12.2 Å². The molecule has 2 aromatic rings. The summed E-state index contributed by atoms with van der Waals surface area (Å²) in [5.74, 6) is 0. The molecule has 24 heavy (non-hydrogen) atoms. The van der Waals surface area contributed by atoms with E-state index in [2.05, 4.69) is 43.4 Å².